The first-order chi connectivity index (χ1) is 8.01. The SMILES string of the molecule is FC(F)(F)COCCOc1ccc(CCl)nc1. The van der Waals surface area contributed by atoms with Crippen LogP contribution in [0.4, 0.5) is 13.2 Å². The molecule has 0 bridgehead atoms. The van der Waals surface area contributed by atoms with Crippen molar-refractivity contribution < 1.29 is 22.6 Å². The average molecular weight is 270 g/mol. The van der Waals surface area contributed by atoms with Gasteiger partial charge < -0.3 is 9.47 Å². The molecule has 0 spiro atoms. The highest BCUT2D eigenvalue weighted by molar-refractivity contribution is 6.16. The van der Waals surface area contributed by atoms with E-state index in [0.717, 1.165) is 0 Å². The largest absolute Gasteiger partial charge is 0.490 e. The Morgan fingerprint density at radius 1 is 1.24 bits per heavy atom. The van der Waals surface area contributed by atoms with Crippen molar-refractivity contribution in [3.8, 4) is 5.75 Å². The average Bonchev–Trinajstić information content (AvgIpc) is 2.28. The molecule has 0 aliphatic rings. The van der Waals surface area contributed by atoms with Crippen molar-refractivity contribution in [1.29, 1.82) is 0 Å². The molecule has 1 heterocycles. The number of hydrogen-bond donors (Lipinski definition) is 0. The van der Waals surface area contributed by atoms with Crippen molar-refractivity contribution in [2.45, 2.75) is 12.1 Å². The van der Waals surface area contributed by atoms with E-state index in [1.807, 2.05) is 0 Å². The quantitative estimate of drug-likeness (QED) is 0.588. The Morgan fingerprint density at radius 2 is 2.00 bits per heavy atom. The Balaban J connectivity index is 2.18. The maximum absolute atomic E-state index is 11.7. The molecule has 96 valence electrons. The van der Waals surface area contributed by atoms with E-state index in [4.69, 9.17) is 16.3 Å². The lowest BCUT2D eigenvalue weighted by Gasteiger charge is -2.08. The van der Waals surface area contributed by atoms with Gasteiger partial charge in [-0.25, -0.2) is 0 Å². The molecule has 0 aromatic carbocycles. The molecule has 0 amide bonds. The highest BCUT2D eigenvalue weighted by atomic mass is 35.5. The lowest BCUT2D eigenvalue weighted by Crippen LogP contribution is -2.19. The standard InChI is InChI=1S/C10H11ClF3NO2/c11-5-8-1-2-9(6-15-8)17-4-3-16-7-10(12,13)14/h1-2,6H,3-5,7H2. The summed E-state index contributed by atoms with van der Waals surface area (Å²) in [5.41, 5.74) is 0.701. The van der Waals surface area contributed by atoms with Crippen LogP contribution in [0.1, 0.15) is 5.69 Å². The minimum atomic E-state index is -4.30. The number of aromatic nitrogens is 1. The number of alkyl halides is 4. The number of rotatable bonds is 6. The van der Waals surface area contributed by atoms with Gasteiger partial charge in [0.15, 0.2) is 0 Å². The number of hydrogen-bond acceptors (Lipinski definition) is 3. The minimum absolute atomic E-state index is 0.0397. The van der Waals surface area contributed by atoms with Crippen LogP contribution in [0.15, 0.2) is 18.3 Å². The van der Waals surface area contributed by atoms with E-state index in [2.05, 4.69) is 9.72 Å². The van der Waals surface area contributed by atoms with Gasteiger partial charge in [-0.05, 0) is 12.1 Å². The molecule has 3 nitrogen and oxygen atoms in total. The summed E-state index contributed by atoms with van der Waals surface area (Å²) >= 11 is 5.54. The van der Waals surface area contributed by atoms with Crippen LogP contribution < -0.4 is 4.74 Å². The summed E-state index contributed by atoms with van der Waals surface area (Å²) < 4.78 is 44.6. The number of halogens is 4. The van der Waals surface area contributed by atoms with Crippen molar-refractivity contribution >= 4 is 11.6 Å². The van der Waals surface area contributed by atoms with Gasteiger partial charge in [0.25, 0.3) is 0 Å². The summed E-state index contributed by atoms with van der Waals surface area (Å²) in [6.07, 6.45) is -2.84. The molecule has 0 fully saturated rings. The van der Waals surface area contributed by atoms with Crippen molar-refractivity contribution in [2.24, 2.45) is 0 Å². The molecule has 0 saturated carbocycles. The fraction of sp³-hybridized carbons (Fsp3) is 0.500. The second-order valence-electron chi connectivity index (χ2n) is 3.14. The molecule has 0 radical (unpaired) electrons. The summed E-state index contributed by atoms with van der Waals surface area (Å²) in [4.78, 5) is 3.96. The van der Waals surface area contributed by atoms with Gasteiger partial charge in [-0.1, -0.05) is 0 Å². The monoisotopic (exact) mass is 269 g/mol. The van der Waals surface area contributed by atoms with Gasteiger partial charge in [0.1, 0.15) is 19.0 Å². The summed E-state index contributed by atoms with van der Waals surface area (Å²) in [5, 5.41) is 0. The molecule has 0 N–H and O–H groups in total. The van der Waals surface area contributed by atoms with Crippen molar-refractivity contribution in [1.82, 2.24) is 4.98 Å². The normalized spacial score (nSPS) is 11.5. The molecule has 1 aromatic rings. The predicted molar refractivity (Wildman–Crippen MR) is 56.2 cm³/mol. The molecule has 1 rings (SSSR count). The molecule has 0 aliphatic carbocycles. The number of ether oxygens (including phenoxy) is 2. The van der Waals surface area contributed by atoms with E-state index in [0.29, 0.717) is 17.3 Å². The van der Waals surface area contributed by atoms with E-state index in [-0.39, 0.29) is 13.2 Å². The third kappa shape index (κ3) is 6.33. The third-order valence-electron chi connectivity index (χ3n) is 1.70. The minimum Gasteiger partial charge on any atom is -0.490 e. The lowest BCUT2D eigenvalue weighted by molar-refractivity contribution is -0.175. The first kappa shape index (κ1) is 14.1. The van der Waals surface area contributed by atoms with Gasteiger partial charge >= 0.3 is 6.18 Å². The van der Waals surface area contributed by atoms with Crippen molar-refractivity contribution in [3.05, 3.63) is 24.0 Å². The van der Waals surface area contributed by atoms with E-state index < -0.39 is 12.8 Å². The van der Waals surface area contributed by atoms with E-state index >= 15 is 0 Å². The molecule has 0 saturated heterocycles. The summed E-state index contributed by atoms with van der Waals surface area (Å²) in [6, 6.07) is 3.33. The fourth-order valence-electron chi connectivity index (χ4n) is 0.982. The molecular formula is C10H11ClF3NO2. The summed E-state index contributed by atoms with van der Waals surface area (Å²) in [6.45, 7) is -1.35. The zero-order chi connectivity index (χ0) is 12.7. The van der Waals surface area contributed by atoms with Gasteiger partial charge in [-0.3, -0.25) is 4.98 Å². The molecule has 17 heavy (non-hydrogen) atoms. The highest BCUT2D eigenvalue weighted by Gasteiger charge is 2.27. The maximum atomic E-state index is 11.7. The van der Waals surface area contributed by atoms with E-state index in [1.54, 1.807) is 12.1 Å². The zero-order valence-electron chi connectivity index (χ0n) is 8.84. The van der Waals surface area contributed by atoms with Crippen LogP contribution in [0.2, 0.25) is 0 Å². The van der Waals surface area contributed by atoms with Gasteiger partial charge in [0.05, 0.1) is 24.4 Å². The summed E-state index contributed by atoms with van der Waals surface area (Å²) in [5.74, 6) is 0.768. The molecule has 0 unspecified atom stereocenters. The molecule has 7 heteroatoms. The second kappa shape index (κ2) is 6.66. The Morgan fingerprint density at radius 3 is 2.53 bits per heavy atom. The zero-order valence-corrected chi connectivity index (χ0v) is 9.59. The van der Waals surface area contributed by atoms with Crippen LogP contribution in [0.3, 0.4) is 0 Å². The molecule has 0 atom stereocenters. The molecular weight excluding hydrogens is 259 g/mol. The van der Waals surface area contributed by atoms with Gasteiger partial charge in [0, 0.05) is 0 Å². The molecule has 1 aromatic heterocycles. The maximum Gasteiger partial charge on any atom is 0.411 e. The number of pyridine rings is 1. The van der Waals surface area contributed by atoms with Crippen LogP contribution in [0.25, 0.3) is 0 Å². The van der Waals surface area contributed by atoms with Gasteiger partial charge in [-0.2, -0.15) is 13.2 Å². The third-order valence-corrected chi connectivity index (χ3v) is 1.97. The topological polar surface area (TPSA) is 31.4 Å². The Hall–Kier alpha value is -1.01. The first-order valence-electron chi connectivity index (χ1n) is 4.79. The van der Waals surface area contributed by atoms with Crippen molar-refractivity contribution in [2.75, 3.05) is 19.8 Å². The van der Waals surface area contributed by atoms with E-state index in [1.165, 1.54) is 6.20 Å². The predicted octanol–water partition coefficient (Wildman–Crippen LogP) is 2.78. The fourth-order valence-corrected chi connectivity index (χ4v) is 1.14. The first-order valence-corrected chi connectivity index (χ1v) is 5.33. The Bertz CT molecular complexity index is 329. The Labute approximate surface area is 102 Å². The smallest absolute Gasteiger partial charge is 0.411 e. The van der Waals surface area contributed by atoms with Crippen LogP contribution in [0.5, 0.6) is 5.75 Å². The van der Waals surface area contributed by atoms with E-state index in [9.17, 15) is 13.2 Å². The van der Waals surface area contributed by atoms with Crippen LogP contribution >= 0.6 is 11.6 Å². The number of nitrogens with zero attached hydrogens (tertiary/aromatic N) is 1. The van der Waals surface area contributed by atoms with Gasteiger partial charge in [-0.15, -0.1) is 11.6 Å². The summed E-state index contributed by atoms with van der Waals surface area (Å²) in [7, 11) is 0. The second-order valence-corrected chi connectivity index (χ2v) is 3.40. The van der Waals surface area contributed by atoms with Crippen LogP contribution in [-0.4, -0.2) is 31.0 Å². The highest BCUT2D eigenvalue weighted by Crippen LogP contribution is 2.14. The lowest BCUT2D eigenvalue weighted by atomic mass is 10.4. The Kier molecular flexibility index (Phi) is 5.50. The molecule has 0 aliphatic heterocycles. The van der Waals surface area contributed by atoms with Crippen molar-refractivity contribution in [3.63, 3.8) is 0 Å². The van der Waals surface area contributed by atoms with Crippen LogP contribution in [0, 0.1) is 0 Å². The van der Waals surface area contributed by atoms with Gasteiger partial charge in [0.2, 0.25) is 0 Å². The van der Waals surface area contributed by atoms with Crippen LogP contribution in [-0.2, 0) is 10.6 Å².